The number of hydrogen-bond donors (Lipinski definition) is 0. The van der Waals surface area contributed by atoms with Crippen molar-refractivity contribution in [2.24, 2.45) is 5.41 Å². The highest BCUT2D eigenvalue weighted by Crippen LogP contribution is 2.40. The molecule has 22 heavy (non-hydrogen) atoms. The van der Waals surface area contributed by atoms with Crippen LogP contribution in [0.2, 0.25) is 0 Å². The molecule has 0 aromatic carbocycles. The van der Waals surface area contributed by atoms with Crippen LogP contribution in [0.3, 0.4) is 0 Å². The highest BCUT2D eigenvalue weighted by atomic mass is 16.2. The van der Waals surface area contributed by atoms with Crippen molar-refractivity contribution in [3.8, 4) is 0 Å². The van der Waals surface area contributed by atoms with E-state index in [1.165, 1.54) is 38.8 Å². The minimum Gasteiger partial charge on any atom is -0.341 e. The Bertz CT molecular complexity index is 392. The van der Waals surface area contributed by atoms with Gasteiger partial charge in [0.25, 0.3) is 0 Å². The molecule has 1 amide bonds. The second-order valence-electron chi connectivity index (χ2n) is 7.80. The van der Waals surface area contributed by atoms with Gasteiger partial charge in [0.1, 0.15) is 0 Å². The zero-order chi connectivity index (χ0) is 15.6. The van der Waals surface area contributed by atoms with Gasteiger partial charge < -0.3 is 14.7 Å². The summed E-state index contributed by atoms with van der Waals surface area (Å²) in [5.41, 5.74) is 0.432. The zero-order valence-electron chi connectivity index (χ0n) is 14.4. The number of rotatable bonds is 2. The van der Waals surface area contributed by atoms with E-state index >= 15 is 0 Å². The fourth-order valence-corrected chi connectivity index (χ4v) is 4.20. The molecule has 0 radical (unpaired) electrons. The summed E-state index contributed by atoms with van der Waals surface area (Å²) in [5.74, 6) is 0.361. The van der Waals surface area contributed by atoms with Crippen LogP contribution < -0.4 is 0 Å². The summed E-state index contributed by atoms with van der Waals surface area (Å²) in [7, 11) is 4.39. The topological polar surface area (TPSA) is 30.0 Å². The molecule has 3 fully saturated rings. The Hall–Kier alpha value is -0.650. The van der Waals surface area contributed by atoms with Gasteiger partial charge in [-0.3, -0.25) is 9.69 Å². The Morgan fingerprint density at radius 1 is 0.864 bits per heavy atom. The predicted molar refractivity (Wildman–Crippen MR) is 88.9 cm³/mol. The second kappa shape index (κ2) is 6.85. The number of carbonyl (C=O) groups excluding carboxylic acids is 1. The summed E-state index contributed by atoms with van der Waals surface area (Å²) in [6.45, 7) is 9.36. The first-order valence-corrected chi connectivity index (χ1v) is 8.94. The predicted octanol–water partition coefficient (Wildman–Crippen LogP) is 0.568. The fourth-order valence-electron chi connectivity index (χ4n) is 4.20. The normalized spacial score (nSPS) is 28.2. The Morgan fingerprint density at radius 3 is 2.32 bits per heavy atom. The van der Waals surface area contributed by atoms with Crippen LogP contribution in [0.1, 0.15) is 25.7 Å². The van der Waals surface area contributed by atoms with E-state index in [-0.39, 0.29) is 0 Å². The number of carbonyl (C=O) groups is 1. The smallest absolute Gasteiger partial charge is 0.236 e. The average molecular weight is 308 g/mol. The summed E-state index contributed by atoms with van der Waals surface area (Å²) < 4.78 is 0. The third kappa shape index (κ3) is 3.81. The molecule has 5 nitrogen and oxygen atoms in total. The molecule has 0 atom stereocenters. The largest absolute Gasteiger partial charge is 0.341 e. The first-order valence-electron chi connectivity index (χ1n) is 8.94. The molecule has 5 heteroatoms. The van der Waals surface area contributed by atoms with Crippen molar-refractivity contribution in [1.82, 2.24) is 19.6 Å². The molecule has 1 spiro atoms. The molecule has 0 aromatic heterocycles. The van der Waals surface area contributed by atoms with Crippen molar-refractivity contribution in [3.05, 3.63) is 0 Å². The lowest BCUT2D eigenvalue weighted by Gasteiger charge is -2.37. The monoisotopic (exact) mass is 308 g/mol. The van der Waals surface area contributed by atoms with Gasteiger partial charge in [0.05, 0.1) is 6.54 Å². The SMILES string of the molecule is CN1CCCN(CC(=O)N2CCC3(CCN(C)CC3)C2)CC1. The molecule has 3 aliphatic heterocycles. The molecular weight excluding hydrogens is 276 g/mol. The standard InChI is InChI=1S/C17H32N4O/c1-18-7-3-8-20(13-12-18)14-16(22)21-11-6-17(15-21)4-9-19(2)10-5-17/h3-15H2,1-2H3. The Morgan fingerprint density at radius 2 is 1.55 bits per heavy atom. The van der Waals surface area contributed by atoms with E-state index in [4.69, 9.17) is 0 Å². The quantitative estimate of drug-likeness (QED) is 0.746. The number of hydrogen-bond acceptors (Lipinski definition) is 4. The molecule has 126 valence electrons. The van der Waals surface area contributed by atoms with Crippen LogP contribution in [-0.2, 0) is 4.79 Å². The number of likely N-dealkylation sites (N-methyl/N-ethyl adjacent to an activating group) is 1. The number of amides is 1. The summed E-state index contributed by atoms with van der Waals surface area (Å²) >= 11 is 0. The molecule has 0 unspecified atom stereocenters. The van der Waals surface area contributed by atoms with Crippen LogP contribution in [0, 0.1) is 5.41 Å². The van der Waals surface area contributed by atoms with Crippen molar-refractivity contribution in [1.29, 1.82) is 0 Å². The number of likely N-dealkylation sites (tertiary alicyclic amines) is 2. The Balaban J connectivity index is 1.49. The molecule has 3 aliphatic rings. The summed E-state index contributed by atoms with van der Waals surface area (Å²) in [6, 6.07) is 0. The van der Waals surface area contributed by atoms with E-state index in [2.05, 4.69) is 33.7 Å². The molecule has 0 N–H and O–H groups in total. The maximum absolute atomic E-state index is 12.7. The van der Waals surface area contributed by atoms with Gasteiger partial charge in [-0.15, -0.1) is 0 Å². The van der Waals surface area contributed by atoms with Crippen molar-refractivity contribution in [2.45, 2.75) is 25.7 Å². The van der Waals surface area contributed by atoms with Crippen LogP contribution in [0.15, 0.2) is 0 Å². The molecule has 0 saturated carbocycles. The van der Waals surface area contributed by atoms with Gasteiger partial charge >= 0.3 is 0 Å². The highest BCUT2D eigenvalue weighted by molar-refractivity contribution is 5.78. The molecule has 0 bridgehead atoms. The van der Waals surface area contributed by atoms with Crippen molar-refractivity contribution < 1.29 is 4.79 Å². The first-order chi connectivity index (χ1) is 10.6. The van der Waals surface area contributed by atoms with Gasteiger partial charge in [-0.25, -0.2) is 0 Å². The van der Waals surface area contributed by atoms with Gasteiger partial charge in [0.2, 0.25) is 5.91 Å². The summed E-state index contributed by atoms with van der Waals surface area (Å²) in [4.78, 5) is 22.0. The Labute approximate surface area is 135 Å². The van der Waals surface area contributed by atoms with E-state index in [1.54, 1.807) is 0 Å². The second-order valence-corrected chi connectivity index (χ2v) is 7.80. The lowest BCUT2D eigenvalue weighted by Crippen LogP contribution is -2.43. The summed E-state index contributed by atoms with van der Waals surface area (Å²) in [6.07, 6.45) is 4.93. The molecular formula is C17H32N4O. The van der Waals surface area contributed by atoms with Gasteiger partial charge in [-0.05, 0) is 71.4 Å². The van der Waals surface area contributed by atoms with E-state index < -0.39 is 0 Å². The minimum atomic E-state index is 0.361. The number of piperidine rings is 1. The van der Waals surface area contributed by atoms with Gasteiger partial charge in [-0.1, -0.05) is 0 Å². The molecule has 3 rings (SSSR count). The van der Waals surface area contributed by atoms with Crippen LogP contribution in [0.5, 0.6) is 0 Å². The van der Waals surface area contributed by atoms with E-state index in [0.717, 1.165) is 39.3 Å². The third-order valence-corrected chi connectivity index (χ3v) is 6.01. The molecule has 3 heterocycles. The summed E-state index contributed by atoms with van der Waals surface area (Å²) in [5, 5.41) is 0. The lowest BCUT2D eigenvalue weighted by atomic mass is 9.78. The van der Waals surface area contributed by atoms with Gasteiger partial charge in [-0.2, -0.15) is 0 Å². The first kappa shape index (κ1) is 16.2. The maximum atomic E-state index is 12.7. The third-order valence-electron chi connectivity index (χ3n) is 6.01. The Kier molecular flexibility index (Phi) is 5.05. The van der Waals surface area contributed by atoms with Crippen molar-refractivity contribution in [2.75, 3.05) is 73.0 Å². The minimum absolute atomic E-state index is 0.361. The van der Waals surface area contributed by atoms with E-state index in [9.17, 15) is 4.79 Å². The van der Waals surface area contributed by atoms with Gasteiger partial charge in [0.15, 0.2) is 0 Å². The van der Waals surface area contributed by atoms with Crippen molar-refractivity contribution in [3.63, 3.8) is 0 Å². The van der Waals surface area contributed by atoms with E-state index in [1.807, 2.05) is 0 Å². The van der Waals surface area contributed by atoms with Gasteiger partial charge in [0, 0.05) is 26.2 Å². The van der Waals surface area contributed by atoms with Crippen LogP contribution in [0.25, 0.3) is 0 Å². The lowest BCUT2D eigenvalue weighted by molar-refractivity contribution is -0.131. The maximum Gasteiger partial charge on any atom is 0.236 e. The fraction of sp³-hybridized carbons (Fsp3) is 0.941. The number of nitrogens with zero attached hydrogens (tertiary/aromatic N) is 4. The van der Waals surface area contributed by atoms with E-state index in [0.29, 0.717) is 17.9 Å². The molecule has 0 aromatic rings. The zero-order valence-corrected chi connectivity index (χ0v) is 14.4. The average Bonchev–Trinajstić information content (AvgIpc) is 2.81. The highest BCUT2D eigenvalue weighted by Gasteiger charge is 2.41. The molecule has 3 saturated heterocycles. The van der Waals surface area contributed by atoms with Crippen molar-refractivity contribution >= 4 is 5.91 Å². The van der Waals surface area contributed by atoms with Crippen LogP contribution >= 0.6 is 0 Å². The van der Waals surface area contributed by atoms with Crippen LogP contribution in [0.4, 0.5) is 0 Å². The molecule has 0 aliphatic carbocycles. The van der Waals surface area contributed by atoms with Crippen LogP contribution in [-0.4, -0.2) is 98.5 Å².